The fourth-order valence-electron chi connectivity index (χ4n) is 2.07. The lowest BCUT2D eigenvalue weighted by atomic mass is 10.1. The van der Waals surface area contributed by atoms with E-state index in [0.717, 1.165) is 18.2 Å². The molecule has 1 fully saturated rings. The van der Waals surface area contributed by atoms with Gasteiger partial charge in [-0.25, -0.2) is 22.3 Å². The number of nitrogens with zero attached hydrogens (tertiary/aromatic N) is 1. The third-order valence-electron chi connectivity index (χ3n) is 3.21. The van der Waals surface area contributed by atoms with E-state index >= 15 is 0 Å². The molecule has 5 nitrogen and oxygen atoms in total. The van der Waals surface area contributed by atoms with Gasteiger partial charge in [-0.15, -0.1) is 0 Å². The second kappa shape index (κ2) is 5.45. The first-order valence-electron chi connectivity index (χ1n) is 6.05. The van der Waals surface area contributed by atoms with Crippen LogP contribution in [0.25, 0.3) is 0 Å². The van der Waals surface area contributed by atoms with Crippen molar-refractivity contribution in [1.82, 2.24) is 4.90 Å². The molecule has 1 aliphatic heterocycles. The van der Waals surface area contributed by atoms with Gasteiger partial charge in [0.05, 0.1) is 10.5 Å². The number of rotatable bonds is 2. The van der Waals surface area contributed by atoms with E-state index in [2.05, 4.69) is 0 Å². The first-order valence-corrected chi connectivity index (χ1v) is 7.59. The molecule has 8 heteroatoms. The minimum Gasteiger partial charge on any atom is -0.338 e. The molecule has 1 heterocycles. The molecule has 0 spiro atoms. The van der Waals surface area contributed by atoms with Crippen molar-refractivity contribution in [2.24, 2.45) is 5.14 Å². The summed E-state index contributed by atoms with van der Waals surface area (Å²) in [7, 11) is -4.01. The van der Waals surface area contributed by atoms with Crippen molar-refractivity contribution in [2.75, 3.05) is 13.1 Å². The van der Waals surface area contributed by atoms with Crippen LogP contribution in [0.15, 0.2) is 23.1 Å². The largest absolute Gasteiger partial charge is 0.338 e. The van der Waals surface area contributed by atoms with Gasteiger partial charge in [-0.05, 0) is 31.0 Å². The third kappa shape index (κ3) is 3.13. The van der Waals surface area contributed by atoms with E-state index < -0.39 is 27.9 Å². The van der Waals surface area contributed by atoms with E-state index in [1.807, 2.05) is 0 Å². The topological polar surface area (TPSA) is 80.5 Å². The molecule has 1 aromatic rings. The molecule has 1 amide bonds. The van der Waals surface area contributed by atoms with E-state index in [1.165, 1.54) is 4.90 Å². The normalized spacial score (nSPS) is 17.2. The van der Waals surface area contributed by atoms with Crippen LogP contribution >= 0.6 is 0 Å². The zero-order chi connectivity index (χ0) is 14.9. The molecule has 0 aromatic heterocycles. The molecule has 0 bridgehead atoms. The molecule has 110 valence electrons. The lowest BCUT2D eigenvalue weighted by molar-refractivity contribution is 0.0662. The van der Waals surface area contributed by atoms with Crippen LogP contribution < -0.4 is 5.14 Å². The first kappa shape index (κ1) is 14.9. The average Bonchev–Trinajstić information content (AvgIpc) is 2.38. The number of nitrogens with two attached hydrogens (primary N) is 1. The van der Waals surface area contributed by atoms with Gasteiger partial charge in [-0.2, -0.15) is 0 Å². The lowest BCUT2D eigenvalue weighted by Gasteiger charge is -2.28. The summed E-state index contributed by atoms with van der Waals surface area (Å²) in [6, 6.07) is 2.79. The quantitative estimate of drug-likeness (QED) is 0.886. The summed E-state index contributed by atoms with van der Waals surface area (Å²) < 4.78 is 49.1. The average molecular weight is 304 g/mol. The van der Waals surface area contributed by atoms with Crippen molar-refractivity contribution in [2.45, 2.75) is 23.9 Å². The Labute approximate surface area is 115 Å². The summed E-state index contributed by atoms with van der Waals surface area (Å²) >= 11 is 0. The number of hydrogen-bond acceptors (Lipinski definition) is 3. The van der Waals surface area contributed by atoms with Crippen LogP contribution in [0.1, 0.15) is 23.2 Å². The monoisotopic (exact) mass is 304 g/mol. The fraction of sp³-hybridized carbons (Fsp3) is 0.417. The van der Waals surface area contributed by atoms with Crippen LogP contribution in [0.5, 0.6) is 0 Å². The Balaban J connectivity index is 2.30. The summed E-state index contributed by atoms with van der Waals surface area (Å²) in [5.41, 5.74) is -0.367. The zero-order valence-electron chi connectivity index (χ0n) is 10.6. The smallest absolute Gasteiger partial charge is 0.256 e. The Morgan fingerprint density at radius 2 is 1.90 bits per heavy atom. The predicted octanol–water partition coefficient (Wildman–Crippen LogP) is 1.05. The summed E-state index contributed by atoms with van der Waals surface area (Å²) in [5.74, 6) is -1.48. The number of halogens is 2. The summed E-state index contributed by atoms with van der Waals surface area (Å²) in [6.45, 7) is 0.359. The molecular formula is C12H14F2N2O3S. The van der Waals surface area contributed by atoms with Crippen molar-refractivity contribution in [3.63, 3.8) is 0 Å². The van der Waals surface area contributed by atoms with Gasteiger partial charge >= 0.3 is 0 Å². The van der Waals surface area contributed by atoms with Crippen molar-refractivity contribution in [3.8, 4) is 0 Å². The Kier molecular flexibility index (Phi) is 4.05. The lowest BCUT2D eigenvalue weighted by Crippen LogP contribution is -2.39. The van der Waals surface area contributed by atoms with Crippen molar-refractivity contribution < 1.29 is 22.0 Å². The molecule has 20 heavy (non-hydrogen) atoms. The molecule has 2 rings (SSSR count). The molecule has 1 saturated heterocycles. The third-order valence-corrected chi connectivity index (χ3v) is 4.12. The first-order chi connectivity index (χ1) is 9.29. The van der Waals surface area contributed by atoms with E-state index in [-0.39, 0.29) is 36.4 Å². The number of carbonyl (C=O) groups is 1. The number of benzene rings is 1. The number of likely N-dealkylation sites (tertiary alicyclic amines) is 1. The number of carbonyl (C=O) groups excluding carboxylic acids is 1. The number of amides is 1. The van der Waals surface area contributed by atoms with E-state index in [9.17, 15) is 22.0 Å². The maximum Gasteiger partial charge on any atom is 0.256 e. The van der Waals surface area contributed by atoms with Crippen LogP contribution in [0.2, 0.25) is 0 Å². The summed E-state index contributed by atoms with van der Waals surface area (Å²) in [6.07, 6.45) is -0.565. The molecule has 0 atom stereocenters. The fourth-order valence-corrected chi connectivity index (χ4v) is 2.61. The molecular weight excluding hydrogens is 290 g/mol. The zero-order valence-corrected chi connectivity index (χ0v) is 11.4. The molecule has 1 aromatic carbocycles. The minimum absolute atomic E-state index is 0.180. The highest BCUT2D eigenvalue weighted by Gasteiger charge is 2.26. The van der Waals surface area contributed by atoms with Gasteiger partial charge in [-0.1, -0.05) is 0 Å². The van der Waals surface area contributed by atoms with Crippen LogP contribution in [0.4, 0.5) is 8.78 Å². The predicted molar refractivity (Wildman–Crippen MR) is 67.8 cm³/mol. The van der Waals surface area contributed by atoms with Gasteiger partial charge in [0.1, 0.15) is 12.0 Å². The van der Waals surface area contributed by atoms with Gasteiger partial charge in [0.25, 0.3) is 5.91 Å². The Hall–Kier alpha value is -1.54. The molecule has 0 unspecified atom stereocenters. The maximum atomic E-state index is 13.7. The van der Waals surface area contributed by atoms with Gasteiger partial charge in [0, 0.05) is 13.1 Å². The Bertz CT molecular complexity index is 626. The van der Waals surface area contributed by atoms with Crippen molar-refractivity contribution >= 4 is 15.9 Å². The van der Waals surface area contributed by atoms with Crippen LogP contribution in [0, 0.1) is 5.82 Å². The maximum absolute atomic E-state index is 13.7. The molecule has 0 saturated carbocycles. The van der Waals surface area contributed by atoms with Gasteiger partial charge in [-0.3, -0.25) is 4.79 Å². The number of primary sulfonamides is 1. The molecule has 0 radical (unpaired) electrons. The number of hydrogen-bond donors (Lipinski definition) is 1. The van der Waals surface area contributed by atoms with Gasteiger partial charge < -0.3 is 4.90 Å². The number of piperidine rings is 1. The number of sulfonamides is 1. The van der Waals surface area contributed by atoms with Crippen LogP contribution in [-0.4, -0.2) is 38.5 Å². The second-order valence-electron chi connectivity index (χ2n) is 4.65. The molecule has 0 aliphatic carbocycles. The summed E-state index contributed by atoms with van der Waals surface area (Å²) in [5, 5.41) is 4.95. The van der Waals surface area contributed by atoms with Crippen LogP contribution in [-0.2, 0) is 10.0 Å². The molecule has 2 N–H and O–H groups in total. The van der Waals surface area contributed by atoms with E-state index in [0.29, 0.717) is 0 Å². The molecule has 1 aliphatic rings. The Morgan fingerprint density at radius 1 is 1.30 bits per heavy atom. The van der Waals surface area contributed by atoms with Gasteiger partial charge in [0.15, 0.2) is 0 Å². The van der Waals surface area contributed by atoms with Crippen molar-refractivity contribution in [1.29, 1.82) is 0 Å². The van der Waals surface area contributed by atoms with E-state index in [1.54, 1.807) is 0 Å². The highest BCUT2D eigenvalue weighted by molar-refractivity contribution is 7.89. The SMILES string of the molecule is NS(=O)(=O)c1ccc(F)c(C(=O)N2CCC(F)CC2)c1. The minimum atomic E-state index is -4.01. The summed E-state index contributed by atoms with van der Waals surface area (Å²) in [4.78, 5) is 13.1. The van der Waals surface area contributed by atoms with Crippen molar-refractivity contribution in [3.05, 3.63) is 29.6 Å². The second-order valence-corrected chi connectivity index (χ2v) is 6.21. The Morgan fingerprint density at radius 3 is 2.45 bits per heavy atom. The number of alkyl halides is 1. The van der Waals surface area contributed by atoms with Crippen LogP contribution in [0.3, 0.4) is 0 Å². The standard InChI is InChI=1S/C12H14F2N2O3S/c13-8-3-5-16(6-4-8)12(17)10-7-9(20(15,18)19)1-2-11(10)14/h1-2,7-8H,3-6H2,(H2,15,18,19). The van der Waals surface area contributed by atoms with Gasteiger partial charge in [0.2, 0.25) is 10.0 Å². The highest BCUT2D eigenvalue weighted by atomic mass is 32.2. The van der Waals surface area contributed by atoms with E-state index in [4.69, 9.17) is 5.14 Å². The highest BCUT2D eigenvalue weighted by Crippen LogP contribution is 2.19.